The molecule has 98 valence electrons. The average molecular weight is 264 g/mol. The van der Waals surface area contributed by atoms with E-state index in [1.54, 1.807) is 0 Å². The minimum absolute atomic E-state index is 0.277. The van der Waals surface area contributed by atoms with Gasteiger partial charge in [-0.05, 0) is 31.4 Å². The Labute approximate surface area is 113 Å². The van der Waals surface area contributed by atoms with Crippen molar-refractivity contribution in [2.45, 2.75) is 37.1 Å². The number of nitrogens with one attached hydrogen (secondary N) is 1. The first-order valence-electron chi connectivity index (χ1n) is 6.42. The molecular formula is C14H20N2OS. The number of thioether (sulfide) groups is 1. The molecule has 1 aromatic carbocycles. The highest BCUT2D eigenvalue weighted by Gasteiger charge is 2.23. The Hall–Kier alpha value is -1.16. The zero-order chi connectivity index (χ0) is 13.0. The van der Waals surface area contributed by atoms with Crippen LogP contribution in [0.1, 0.15) is 26.2 Å². The van der Waals surface area contributed by atoms with Crippen molar-refractivity contribution >= 4 is 23.4 Å². The van der Waals surface area contributed by atoms with Crippen LogP contribution in [0, 0.1) is 5.92 Å². The molecule has 1 amide bonds. The van der Waals surface area contributed by atoms with E-state index in [1.807, 2.05) is 18.2 Å². The second-order valence-electron chi connectivity index (χ2n) is 4.98. The summed E-state index contributed by atoms with van der Waals surface area (Å²) in [6.45, 7) is 2.22. The van der Waals surface area contributed by atoms with Gasteiger partial charge in [-0.3, -0.25) is 4.79 Å². The number of amides is 1. The molecule has 0 bridgehead atoms. The van der Waals surface area contributed by atoms with Crippen LogP contribution in [0.3, 0.4) is 0 Å². The molecule has 1 unspecified atom stereocenters. The van der Waals surface area contributed by atoms with E-state index in [1.165, 1.54) is 31.0 Å². The van der Waals surface area contributed by atoms with E-state index in [9.17, 15) is 4.79 Å². The van der Waals surface area contributed by atoms with Crippen molar-refractivity contribution in [2.24, 2.45) is 11.7 Å². The molecule has 0 saturated heterocycles. The number of nitrogens with two attached hydrogens (primary N) is 1. The Morgan fingerprint density at radius 3 is 2.89 bits per heavy atom. The molecule has 4 heteroatoms. The van der Waals surface area contributed by atoms with Crippen LogP contribution in [0.5, 0.6) is 0 Å². The van der Waals surface area contributed by atoms with Gasteiger partial charge in [-0.2, -0.15) is 0 Å². The van der Waals surface area contributed by atoms with Gasteiger partial charge in [0.25, 0.3) is 0 Å². The van der Waals surface area contributed by atoms with Gasteiger partial charge in [-0.1, -0.05) is 25.0 Å². The van der Waals surface area contributed by atoms with Gasteiger partial charge in [0.2, 0.25) is 5.91 Å². The summed E-state index contributed by atoms with van der Waals surface area (Å²) in [6.07, 6.45) is 3.99. The molecule has 0 radical (unpaired) electrons. The Morgan fingerprint density at radius 2 is 2.22 bits per heavy atom. The van der Waals surface area contributed by atoms with E-state index in [0.717, 1.165) is 16.5 Å². The maximum Gasteiger partial charge on any atom is 0.227 e. The van der Waals surface area contributed by atoms with Crippen LogP contribution in [0.15, 0.2) is 29.2 Å². The SMILES string of the molecule is CC(CC1CC1)Nc1ccccc1SCC(N)=O. The fourth-order valence-corrected chi connectivity index (χ4v) is 2.79. The summed E-state index contributed by atoms with van der Waals surface area (Å²) in [4.78, 5) is 11.9. The minimum atomic E-state index is -0.277. The maximum atomic E-state index is 10.8. The lowest BCUT2D eigenvalue weighted by molar-refractivity contribution is -0.115. The number of primary amides is 1. The number of rotatable bonds is 7. The zero-order valence-electron chi connectivity index (χ0n) is 10.7. The van der Waals surface area contributed by atoms with Crippen LogP contribution in [0.2, 0.25) is 0 Å². The Morgan fingerprint density at radius 1 is 1.50 bits per heavy atom. The molecule has 3 N–H and O–H groups in total. The van der Waals surface area contributed by atoms with Crippen LogP contribution < -0.4 is 11.1 Å². The molecule has 18 heavy (non-hydrogen) atoms. The summed E-state index contributed by atoms with van der Waals surface area (Å²) in [7, 11) is 0. The Bertz CT molecular complexity index is 418. The van der Waals surface area contributed by atoms with E-state index in [4.69, 9.17) is 5.73 Å². The predicted octanol–water partition coefficient (Wildman–Crippen LogP) is 2.86. The predicted molar refractivity (Wildman–Crippen MR) is 76.8 cm³/mol. The van der Waals surface area contributed by atoms with Gasteiger partial charge in [0, 0.05) is 16.6 Å². The third kappa shape index (κ3) is 4.26. The Balaban J connectivity index is 1.94. The van der Waals surface area contributed by atoms with Crippen LogP contribution in [-0.2, 0) is 4.79 Å². The van der Waals surface area contributed by atoms with Gasteiger partial charge >= 0.3 is 0 Å². The highest BCUT2D eigenvalue weighted by molar-refractivity contribution is 8.00. The molecule has 1 aliphatic rings. The number of benzene rings is 1. The summed E-state index contributed by atoms with van der Waals surface area (Å²) in [5.41, 5.74) is 6.29. The third-order valence-electron chi connectivity index (χ3n) is 3.04. The van der Waals surface area contributed by atoms with Crippen molar-refractivity contribution in [1.82, 2.24) is 0 Å². The highest BCUT2D eigenvalue weighted by Crippen LogP contribution is 2.35. The Kier molecular flexibility index (Phi) is 4.53. The second kappa shape index (κ2) is 6.14. The lowest BCUT2D eigenvalue weighted by Gasteiger charge is -2.17. The molecule has 1 fully saturated rings. The second-order valence-corrected chi connectivity index (χ2v) is 5.99. The number of carbonyl (C=O) groups excluding carboxylic acids is 1. The molecule has 2 rings (SSSR count). The normalized spacial score (nSPS) is 16.3. The summed E-state index contributed by atoms with van der Waals surface area (Å²) < 4.78 is 0. The van der Waals surface area contributed by atoms with Crippen LogP contribution in [0.4, 0.5) is 5.69 Å². The van der Waals surface area contributed by atoms with Crippen LogP contribution in [-0.4, -0.2) is 17.7 Å². The summed E-state index contributed by atoms with van der Waals surface area (Å²) in [5.74, 6) is 0.967. The smallest absolute Gasteiger partial charge is 0.227 e. The van der Waals surface area contributed by atoms with Gasteiger partial charge in [-0.15, -0.1) is 11.8 Å². The van der Waals surface area contributed by atoms with E-state index in [-0.39, 0.29) is 5.91 Å². The molecule has 1 aromatic rings. The first kappa shape index (κ1) is 13.3. The number of hydrogen-bond acceptors (Lipinski definition) is 3. The summed E-state index contributed by atoms with van der Waals surface area (Å²) >= 11 is 1.49. The van der Waals surface area contributed by atoms with Crippen LogP contribution in [0.25, 0.3) is 0 Å². The first-order chi connectivity index (χ1) is 8.65. The molecule has 1 aliphatic carbocycles. The van der Waals surface area contributed by atoms with E-state index >= 15 is 0 Å². The monoisotopic (exact) mass is 264 g/mol. The van der Waals surface area contributed by atoms with E-state index in [0.29, 0.717) is 11.8 Å². The molecule has 1 atom stereocenters. The third-order valence-corrected chi connectivity index (χ3v) is 4.14. The van der Waals surface area contributed by atoms with Crippen molar-refractivity contribution in [3.05, 3.63) is 24.3 Å². The lowest BCUT2D eigenvalue weighted by atomic mass is 10.1. The van der Waals surface area contributed by atoms with Crippen molar-refractivity contribution in [2.75, 3.05) is 11.1 Å². The fourth-order valence-electron chi connectivity index (χ4n) is 2.04. The van der Waals surface area contributed by atoms with E-state index < -0.39 is 0 Å². The quantitative estimate of drug-likeness (QED) is 0.745. The van der Waals surface area contributed by atoms with Gasteiger partial charge < -0.3 is 11.1 Å². The molecule has 3 nitrogen and oxygen atoms in total. The van der Waals surface area contributed by atoms with Crippen molar-refractivity contribution in [1.29, 1.82) is 0 Å². The van der Waals surface area contributed by atoms with Gasteiger partial charge in [0.15, 0.2) is 0 Å². The summed E-state index contributed by atoms with van der Waals surface area (Å²) in [6, 6.07) is 8.57. The zero-order valence-corrected chi connectivity index (χ0v) is 11.5. The van der Waals surface area contributed by atoms with Crippen LogP contribution >= 0.6 is 11.8 Å². The molecule has 0 aromatic heterocycles. The summed E-state index contributed by atoms with van der Waals surface area (Å²) in [5, 5.41) is 3.53. The number of anilines is 1. The largest absolute Gasteiger partial charge is 0.382 e. The van der Waals surface area contributed by atoms with E-state index in [2.05, 4.69) is 18.3 Å². The average Bonchev–Trinajstić information content (AvgIpc) is 3.11. The van der Waals surface area contributed by atoms with Gasteiger partial charge in [0.05, 0.1) is 5.75 Å². The van der Waals surface area contributed by atoms with Crippen molar-refractivity contribution in [3.63, 3.8) is 0 Å². The molecule has 0 aliphatic heterocycles. The highest BCUT2D eigenvalue weighted by atomic mass is 32.2. The topological polar surface area (TPSA) is 55.1 Å². The molecule has 1 saturated carbocycles. The van der Waals surface area contributed by atoms with Crippen molar-refractivity contribution < 1.29 is 4.79 Å². The van der Waals surface area contributed by atoms with Gasteiger partial charge in [0.1, 0.15) is 0 Å². The standard InChI is InChI=1S/C14H20N2OS/c1-10(8-11-6-7-11)16-12-4-2-3-5-13(12)18-9-14(15)17/h2-5,10-11,16H,6-9H2,1H3,(H2,15,17). The molecular weight excluding hydrogens is 244 g/mol. The molecule has 0 heterocycles. The number of hydrogen-bond donors (Lipinski definition) is 2. The number of para-hydroxylation sites is 1. The first-order valence-corrected chi connectivity index (χ1v) is 7.40. The maximum absolute atomic E-state index is 10.8. The number of carbonyl (C=O) groups is 1. The molecule has 0 spiro atoms. The van der Waals surface area contributed by atoms with Gasteiger partial charge in [-0.25, -0.2) is 0 Å². The minimum Gasteiger partial charge on any atom is -0.382 e. The lowest BCUT2D eigenvalue weighted by Crippen LogP contribution is -2.17. The van der Waals surface area contributed by atoms with Crippen molar-refractivity contribution in [3.8, 4) is 0 Å². The fraction of sp³-hybridized carbons (Fsp3) is 0.500.